The van der Waals surface area contributed by atoms with E-state index in [1.54, 1.807) is 18.5 Å². The molecule has 1 saturated heterocycles. The fraction of sp³-hybridized carbons (Fsp3) is 0.412. The quantitative estimate of drug-likeness (QED) is 0.862. The maximum absolute atomic E-state index is 12.5. The zero-order valence-corrected chi connectivity index (χ0v) is 13.4. The van der Waals surface area contributed by atoms with Crippen molar-refractivity contribution in [2.24, 2.45) is 5.73 Å². The zero-order chi connectivity index (χ0) is 16.9. The second kappa shape index (κ2) is 7.25. The molecule has 3 heterocycles. The van der Waals surface area contributed by atoms with Crippen molar-refractivity contribution in [1.82, 2.24) is 20.1 Å². The van der Waals surface area contributed by atoms with Crippen LogP contribution >= 0.6 is 0 Å². The minimum absolute atomic E-state index is 0.151. The topological polar surface area (TPSA) is 105 Å². The molecular weight excluding hydrogens is 306 g/mol. The molecular formula is C17H21N5O2. The first-order chi connectivity index (χ1) is 11.6. The lowest BCUT2D eigenvalue weighted by molar-refractivity contribution is -0.132. The molecule has 0 spiro atoms. The summed E-state index contributed by atoms with van der Waals surface area (Å²) in [6.07, 6.45) is 6.60. The van der Waals surface area contributed by atoms with E-state index >= 15 is 0 Å². The third kappa shape index (κ3) is 3.79. The van der Waals surface area contributed by atoms with Gasteiger partial charge in [0.1, 0.15) is 5.69 Å². The molecule has 0 radical (unpaired) electrons. The summed E-state index contributed by atoms with van der Waals surface area (Å²) in [4.78, 5) is 29.6. The number of hydrogen-bond acceptors (Lipinski definition) is 4. The number of rotatable bonds is 5. The molecule has 3 N–H and O–H groups in total. The van der Waals surface area contributed by atoms with Crippen LogP contribution < -0.4 is 5.73 Å². The van der Waals surface area contributed by atoms with Crippen molar-refractivity contribution in [3.63, 3.8) is 0 Å². The molecule has 0 unspecified atom stereocenters. The molecule has 1 aliphatic heterocycles. The summed E-state index contributed by atoms with van der Waals surface area (Å²) < 4.78 is 0. The van der Waals surface area contributed by atoms with E-state index in [2.05, 4.69) is 15.2 Å². The van der Waals surface area contributed by atoms with Crippen LogP contribution in [0, 0.1) is 0 Å². The third-order valence-corrected chi connectivity index (χ3v) is 4.41. The number of carbonyl (C=O) groups is 2. The molecule has 1 aliphatic rings. The smallest absolute Gasteiger partial charge is 0.269 e. The molecule has 1 atom stereocenters. The SMILES string of the molecule is NC(=O)c1cc([C@@H]2CCCN(C(=O)CCc3cccnc3)C2)[nH]n1. The highest BCUT2D eigenvalue weighted by atomic mass is 16.2. The van der Waals surface area contributed by atoms with Gasteiger partial charge in [0.2, 0.25) is 5.91 Å². The van der Waals surface area contributed by atoms with E-state index in [0.29, 0.717) is 19.4 Å². The van der Waals surface area contributed by atoms with Crippen LogP contribution in [0.4, 0.5) is 0 Å². The lowest BCUT2D eigenvalue weighted by atomic mass is 9.94. The molecule has 0 bridgehead atoms. The Morgan fingerprint density at radius 2 is 2.29 bits per heavy atom. The van der Waals surface area contributed by atoms with E-state index in [1.165, 1.54) is 0 Å². The van der Waals surface area contributed by atoms with Crippen molar-refractivity contribution in [3.05, 3.63) is 47.5 Å². The number of amides is 2. The molecule has 126 valence electrons. The molecule has 2 aromatic rings. The maximum atomic E-state index is 12.5. The highest BCUT2D eigenvalue weighted by Gasteiger charge is 2.26. The van der Waals surface area contributed by atoms with Crippen LogP contribution in [0.3, 0.4) is 0 Å². The highest BCUT2D eigenvalue weighted by Crippen LogP contribution is 2.26. The molecule has 0 saturated carbocycles. The number of aryl methyl sites for hydroxylation is 1. The van der Waals surface area contributed by atoms with Crippen molar-refractivity contribution < 1.29 is 9.59 Å². The molecule has 0 aliphatic carbocycles. The zero-order valence-electron chi connectivity index (χ0n) is 13.4. The number of primary amides is 1. The van der Waals surface area contributed by atoms with Crippen molar-refractivity contribution in [2.75, 3.05) is 13.1 Å². The predicted octanol–water partition coefficient (Wildman–Crippen LogP) is 1.24. The van der Waals surface area contributed by atoms with Crippen LogP contribution in [0.5, 0.6) is 0 Å². The van der Waals surface area contributed by atoms with E-state index in [9.17, 15) is 9.59 Å². The van der Waals surface area contributed by atoms with Crippen LogP contribution in [0.15, 0.2) is 30.6 Å². The number of pyridine rings is 1. The Morgan fingerprint density at radius 3 is 3.00 bits per heavy atom. The summed E-state index contributed by atoms with van der Waals surface area (Å²) in [5.74, 6) is -0.224. The Hall–Kier alpha value is -2.70. The first-order valence-corrected chi connectivity index (χ1v) is 8.15. The Balaban J connectivity index is 1.58. The first-order valence-electron chi connectivity index (χ1n) is 8.15. The van der Waals surface area contributed by atoms with Crippen LogP contribution in [-0.2, 0) is 11.2 Å². The van der Waals surface area contributed by atoms with Crippen molar-refractivity contribution in [3.8, 4) is 0 Å². The molecule has 1 fully saturated rings. The van der Waals surface area contributed by atoms with E-state index in [1.807, 2.05) is 17.0 Å². The Morgan fingerprint density at radius 1 is 1.42 bits per heavy atom. The van der Waals surface area contributed by atoms with Crippen molar-refractivity contribution in [2.45, 2.75) is 31.6 Å². The van der Waals surface area contributed by atoms with Crippen LogP contribution in [0.2, 0.25) is 0 Å². The fourth-order valence-corrected chi connectivity index (χ4v) is 3.08. The van der Waals surface area contributed by atoms with Gasteiger partial charge in [0.25, 0.3) is 5.91 Å². The number of H-pyrrole nitrogens is 1. The number of aromatic nitrogens is 3. The summed E-state index contributed by atoms with van der Waals surface area (Å²) in [5.41, 5.74) is 7.41. The lowest BCUT2D eigenvalue weighted by Gasteiger charge is -2.32. The minimum Gasteiger partial charge on any atom is -0.364 e. The summed E-state index contributed by atoms with van der Waals surface area (Å²) in [7, 11) is 0. The van der Waals surface area contributed by atoms with Gasteiger partial charge in [-0.15, -0.1) is 0 Å². The third-order valence-electron chi connectivity index (χ3n) is 4.41. The minimum atomic E-state index is -0.544. The van der Waals surface area contributed by atoms with Gasteiger partial charge >= 0.3 is 0 Å². The van der Waals surface area contributed by atoms with Gasteiger partial charge in [0.05, 0.1) is 0 Å². The summed E-state index contributed by atoms with van der Waals surface area (Å²) >= 11 is 0. The van der Waals surface area contributed by atoms with Gasteiger partial charge in [-0.3, -0.25) is 19.7 Å². The second-order valence-corrected chi connectivity index (χ2v) is 6.11. The molecule has 2 amide bonds. The number of aromatic amines is 1. The van der Waals surface area contributed by atoms with Gasteiger partial charge in [0.15, 0.2) is 0 Å². The number of carbonyl (C=O) groups excluding carboxylic acids is 2. The number of nitrogens with zero attached hydrogens (tertiary/aromatic N) is 3. The van der Waals surface area contributed by atoms with Crippen molar-refractivity contribution >= 4 is 11.8 Å². The van der Waals surface area contributed by atoms with Crippen LogP contribution in [0.25, 0.3) is 0 Å². The highest BCUT2D eigenvalue weighted by molar-refractivity contribution is 5.90. The fourth-order valence-electron chi connectivity index (χ4n) is 3.08. The number of nitrogens with one attached hydrogen (secondary N) is 1. The number of hydrogen-bond donors (Lipinski definition) is 2. The van der Waals surface area contributed by atoms with E-state index in [4.69, 9.17) is 5.73 Å². The standard InChI is InChI=1S/C17H21N5O2/c18-17(24)15-9-14(20-21-15)13-4-2-8-22(11-13)16(23)6-5-12-3-1-7-19-10-12/h1,3,7,9-10,13H,2,4-6,8,11H2,(H2,18,24)(H,20,21)/t13-/m1/s1. The summed E-state index contributed by atoms with van der Waals surface area (Å²) in [6.45, 7) is 1.42. The van der Waals surface area contributed by atoms with E-state index < -0.39 is 5.91 Å². The molecule has 7 nitrogen and oxygen atoms in total. The Labute approximate surface area is 140 Å². The molecule has 0 aromatic carbocycles. The van der Waals surface area contributed by atoms with Gasteiger partial charge in [-0.25, -0.2) is 0 Å². The van der Waals surface area contributed by atoms with Gasteiger partial charge in [-0.05, 0) is 37.0 Å². The predicted molar refractivity (Wildman–Crippen MR) is 88.2 cm³/mol. The monoisotopic (exact) mass is 327 g/mol. The second-order valence-electron chi connectivity index (χ2n) is 6.11. The van der Waals surface area contributed by atoms with Crippen molar-refractivity contribution in [1.29, 1.82) is 0 Å². The number of nitrogens with two attached hydrogens (primary N) is 1. The normalized spacial score (nSPS) is 17.7. The summed E-state index contributed by atoms with van der Waals surface area (Å²) in [5, 5.41) is 6.80. The largest absolute Gasteiger partial charge is 0.364 e. The van der Waals surface area contributed by atoms with E-state index in [-0.39, 0.29) is 17.5 Å². The average Bonchev–Trinajstić information content (AvgIpc) is 3.11. The Kier molecular flexibility index (Phi) is 4.88. The Bertz CT molecular complexity index is 713. The number of likely N-dealkylation sites (tertiary alicyclic amines) is 1. The molecule has 3 rings (SSSR count). The molecule has 24 heavy (non-hydrogen) atoms. The van der Waals surface area contributed by atoms with Crippen LogP contribution in [-0.4, -0.2) is 45.0 Å². The van der Waals surface area contributed by atoms with Crippen LogP contribution in [0.1, 0.15) is 46.9 Å². The van der Waals surface area contributed by atoms with Gasteiger partial charge in [-0.2, -0.15) is 5.10 Å². The first kappa shape index (κ1) is 16.2. The molecule has 7 heteroatoms. The molecule has 2 aromatic heterocycles. The van der Waals surface area contributed by atoms with Gasteiger partial charge < -0.3 is 10.6 Å². The number of piperidine rings is 1. The van der Waals surface area contributed by atoms with Gasteiger partial charge in [0, 0.05) is 43.5 Å². The van der Waals surface area contributed by atoms with E-state index in [0.717, 1.165) is 30.6 Å². The lowest BCUT2D eigenvalue weighted by Crippen LogP contribution is -2.39. The summed E-state index contributed by atoms with van der Waals surface area (Å²) in [6, 6.07) is 5.55. The maximum Gasteiger partial charge on any atom is 0.269 e. The van der Waals surface area contributed by atoms with Gasteiger partial charge in [-0.1, -0.05) is 6.07 Å². The average molecular weight is 327 g/mol.